The number of aromatic nitrogens is 2. The van der Waals surface area contributed by atoms with Gasteiger partial charge in [0.1, 0.15) is 11.9 Å². The summed E-state index contributed by atoms with van der Waals surface area (Å²) < 4.78 is 2.09. The van der Waals surface area contributed by atoms with Crippen molar-refractivity contribution in [1.82, 2.24) is 14.9 Å². The predicted octanol–water partition coefficient (Wildman–Crippen LogP) is -0.591. The number of aliphatic hydroxyl groups is 1. The zero-order chi connectivity index (χ0) is 10.8. The van der Waals surface area contributed by atoms with Crippen molar-refractivity contribution in [2.24, 2.45) is 5.73 Å². The van der Waals surface area contributed by atoms with Gasteiger partial charge in [-0.25, -0.2) is 4.98 Å². The fraction of sp³-hybridized carbons (Fsp3) is 0.700. The Kier molecular flexibility index (Phi) is 3.04. The number of aliphatic hydroxyl groups excluding tert-OH is 1. The van der Waals surface area contributed by atoms with Crippen molar-refractivity contribution >= 4 is 0 Å². The largest absolute Gasteiger partial charge is 0.384 e. The lowest BCUT2D eigenvalue weighted by Crippen LogP contribution is -2.32. The maximum atomic E-state index is 9.85. The lowest BCUT2D eigenvalue weighted by Gasteiger charge is -2.23. The Morgan fingerprint density at radius 3 is 3.33 bits per heavy atom. The van der Waals surface area contributed by atoms with E-state index in [-0.39, 0.29) is 6.04 Å². The molecule has 1 aromatic heterocycles. The Balaban J connectivity index is 2.20. The first-order chi connectivity index (χ1) is 7.22. The van der Waals surface area contributed by atoms with Crippen LogP contribution in [0.2, 0.25) is 0 Å². The number of likely N-dealkylation sites (N-methyl/N-ethyl adjacent to an activating group) is 1. The van der Waals surface area contributed by atoms with Crippen LogP contribution in [-0.4, -0.2) is 34.3 Å². The third-order valence-electron chi connectivity index (χ3n) is 2.86. The summed E-state index contributed by atoms with van der Waals surface area (Å²) in [5, 5.41) is 12.8. The molecule has 84 valence electrons. The Morgan fingerprint density at radius 2 is 2.60 bits per heavy atom. The first-order valence-corrected chi connectivity index (χ1v) is 5.35. The van der Waals surface area contributed by atoms with Gasteiger partial charge in [0.25, 0.3) is 0 Å². The van der Waals surface area contributed by atoms with Gasteiger partial charge < -0.3 is 20.7 Å². The van der Waals surface area contributed by atoms with Crippen LogP contribution in [0.15, 0.2) is 6.20 Å². The van der Waals surface area contributed by atoms with Crippen LogP contribution in [-0.2, 0) is 13.0 Å². The van der Waals surface area contributed by atoms with Crippen molar-refractivity contribution in [2.75, 3.05) is 13.6 Å². The quantitative estimate of drug-likeness (QED) is 0.623. The van der Waals surface area contributed by atoms with Gasteiger partial charge in [0.2, 0.25) is 0 Å². The maximum absolute atomic E-state index is 9.85. The van der Waals surface area contributed by atoms with Crippen LogP contribution in [0.25, 0.3) is 0 Å². The van der Waals surface area contributed by atoms with Crippen molar-refractivity contribution in [3.05, 3.63) is 17.7 Å². The molecule has 0 amide bonds. The van der Waals surface area contributed by atoms with Crippen LogP contribution in [0.3, 0.4) is 0 Å². The second-order valence-corrected chi connectivity index (χ2v) is 4.09. The molecule has 5 heteroatoms. The maximum Gasteiger partial charge on any atom is 0.139 e. The van der Waals surface area contributed by atoms with E-state index < -0.39 is 6.10 Å². The SMILES string of the molecule is CNCC(O)c1ncc2n1CCC(N)C2. The van der Waals surface area contributed by atoms with Crippen molar-refractivity contribution in [2.45, 2.75) is 31.5 Å². The normalized spacial score (nSPS) is 22.5. The van der Waals surface area contributed by atoms with Crippen molar-refractivity contribution in [3.8, 4) is 0 Å². The minimum absolute atomic E-state index is 0.239. The third-order valence-corrected chi connectivity index (χ3v) is 2.86. The molecule has 0 saturated carbocycles. The molecule has 1 aromatic rings. The fourth-order valence-electron chi connectivity index (χ4n) is 2.06. The highest BCUT2D eigenvalue weighted by Gasteiger charge is 2.21. The molecule has 4 N–H and O–H groups in total. The van der Waals surface area contributed by atoms with Crippen LogP contribution in [0.4, 0.5) is 0 Å². The zero-order valence-corrected chi connectivity index (χ0v) is 8.98. The van der Waals surface area contributed by atoms with E-state index in [1.54, 1.807) is 0 Å². The van der Waals surface area contributed by atoms with Gasteiger partial charge in [0.05, 0.1) is 0 Å². The number of fused-ring (bicyclic) bond motifs is 1. The summed E-state index contributed by atoms with van der Waals surface area (Å²) in [6.07, 6.45) is 3.12. The lowest BCUT2D eigenvalue weighted by molar-refractivity contribution is 0.161. The predicted molar refractivity (Wildman–Crippen MR) is 57.4 cm³/mol. The van der Waals surface area contributed by atoms with Crippen LogP contribution in [0, 0.1) is 0 Å². The van der Waals surface area contributed by atoms with Crippen LogP contribution < -0.4 is 11.1 Å². The van der Waals surface area contributed by atoms with E-state index in [4.69, 9.17) is 5.73 Å². The first kappa shape index (κ1) is 10.6. The molecule has 0 aliphatic carbocycles. The van der Waals surface area contributed by atoms with Gasteiger partial charge in [-0.05, 0) is 13.5 Å². The Hall–Kier alpha value is -0.910. The minimum Gasteiger partial charge on any atom is -0.384 e. The van der Waals surface area contributed by atoms with Crippen LogP contribution in [0.5, 0.6) is 0 Å². The van der Waals surface area contributed by atoms with Crippen molar-refractivity contribution in [1.29, 1.82) is 0 Å². The van der Waals surface area contributed by atoms with Gasteiger partial charge in [-0.1, -0.05) is 0 Å². The van der Waals surface area contributed by atoms with Crippen molar-refractivity contribution in [3.63, 3.8) is 0 Å². The lowest BCUT2D eigenvalue weighted by atomic mass is 10.1. The zero-order valence-electron chi connectivity index (χ0n) is 8.98. The summed E-state index contributed by atoms with van der Waals surface area (Å²) in [4.78, 5) is 4.27. The number of nitrogens with zero attached hydrogens (tertiary/aromatic N) is 2. The van der Waals surface area contributed by atoms with E-state index in [2.05, 4.69) is 14.9 Å². The van der Waals surface area contributed by atoms with E-state index >= 15 is 0 Å². The summed E-state index contributed by atoms with van der Waals surface area (Å²) >= 11 is 0. The molecule has 0 bridgehead atoms. The highest BCUT2D eigenvalue weighted by atomic mass is 16.3. The number of rotatable bonds is 3. The van der Waals surface area contributed by atoms with Crippen molar-refractivity contribution < 1.29 is 5.11 Å². The molecule has 0 radical (unpaired) electrons. The molecule has 15 heavy (non-hydrogen) atoms. The summed E-state index contributed by atoms with van der Waals surface area (Å²) in [6, 6.07) is 0.239. The fourth-order valence-corrected chi connectivity index (χ4v) is 2.06. The van der Waals surface area contributed by atoms with E-state index in [0.717, 1.165) is 30.9 Å². The minimum atomic E-state index is -0.530. The number of hydrogen-bond donors (Lipinski definition) is 3. The van der Waals surface area contributed by atoms with Gasteiger partial charge in [-0.15, -0.1) is 0 Å². The van der Waals surface area contributed by atoms with E-state index in [1.807, 2.05) is 13.2 Å². The highest BCUT2D eigenvalue weighted by molar-refractivity contribution is 5.11. The third kappa shape index (κ3) is 2.04. The topological polar surface area (TPSA) is 76.1 Å². The number of nitrogens with one attached hydrogen (secondary N) is 1. The molecule has 2 rings (SSSR count). The van der Waals surface area contributed by atoms with Crippen LogP contribution >= 0.6 is 0 Å². The molecule has 2 atom stereocenters. The smallest absolute Gasteiger partial charge is 0.139 e. The average Bonchev–Trinajstić information content (AvgIpc) is 2.60. The van der Waals surface area contributed by atoms with Gasteiger partial charge in [0, 0.05) is 37.4 Å². The van der Waals surface area contributed by atoms with E-state index in [9.17, 15) is 5.11 Å². The van der Waals surface area contributed by atoms with Gasteiger partial charge in [-0.3, -0.25) is 0 Å². The molecule has 0 saturated heterocycles. The average molecular weight is 210 g/mol. The molecular formula is C10H18N4O. The Bertz CT molecular complexity index is 336. The molecule has 0 fully saturated rings. The molecule has 5 nitrogen and oxygen atoms in total. The van der Waals surface area contributed by atoms with Crippen LogP contribution in [0.1, 0.15) is 24.0 Å². The second kappa shape index (κ2) is 4.30. The van der Waals surface area contributed by atoms with Gasteiger partial charge >= 0.3 is 0 Å². The standard InChI is InChI=1S/C10H18N4O/c1-12-6-9(15)10-13-5-8-4-7(11)2-3-14(8)10/h5,7,9,12,15H,2-4,6,11H2,1H3. The molecule has 2 heterocycles. The summed E-state index contributed by atoms with van der Waals surface area (Å²) in [6.45, 7) is 1.40. The van der Waals surface area contributed by atoms with E-state index in [1.165, 1.54) is 0 Å². The van der Waals surface area contributed by atoms with Gasteiger partial charge in [-0.2, -0.15) is 0 Å². The second-order valence-electron chi connectivity index (χ2n) is 4.09. The molecule has 1 aliphatic heterocycles. The molecule has 0 aromatic carbocycles. The highest BCUT2D eigenvalue weighted by Crippen LogP contribution is 2.19. The molecular weight excluding hydrogens is 192 g/mol. The molecule has 2 unspecified atom stereocenters. The Morgan fingerprint density at radius 1 is 1.80 bits per heavy atom. The summed E-state index contributed by atoms with van der Waals surface area (Å²) in [5.41, 5.74) is 7.02. The van der Waals surface area contributed by atoms with E-state index in [0.29, 0.717) is 6.54 Å². The Labute approximate surface area is 89.3 Å². The molecule has 0 spiro atoms. The summed E-state index contributed by atoms with van der Waals surface area (Å²) in [7, 11) is 1.82. The first-order valence-electron chi connectivity index (χ1n) is 5.35. The summed E-state index contributed by atoms with van der Waals surface area (Å²) in [5.74, 6) is 0.756. The monoisotopic (exact) mass is 210 g/mol. The number of imidazole rings is 1. The molecule has 1 aliphatic rings. The number of nitrogens with two attached hydrogens (primary N) is 1. The number of hydrogen-bond acceptors (Lipinski definition) is 4. The van der Waals surface area contributed by atoms with Gasteiger partial charge in [0.15, 0.2) is 0 Å².